The lowest BCUT2D eigenvalue weighted by atomic mass is 10.2. The van der Waals surface area contributed by atoms with Gasteiger partial charge in [0.1, 0.15) is 5.75 Å². The van der Waals surface area contributed by atoms with Crippen molar-refractivity contribution in [2.45, 2.75) is 18.7 Å². The summed E-state index contributed by atoms with van der Waals surface area (Å²) in [5.74, 6) is 1.17. The SMILES string of the molecule is COc1cc([SH](=N)=O)ccc1NCC(C)C. The van der Waals surface area contributed by atoms with Crippen molar-refractivity contribution in [3.8, 4) is 5.75 Å². The lowest BCUT2D eigenvalue weighted by Gasteiger charge is -2.13. The van der Waals surface area contributed by atoms with Gasteiger partial charge in [-0.2, -0.15) is 0 Å². The van der Waals surface area contributed by atoms with Gasteiger partial charge in [-0.1, -0.05) is 13.8 Å². The Labute approximate surface area is 98.0 Å². The van der Waals surface area contributed by atoms with Gasteiger partial charge in [-0.3, -0.25) is 4.78 Å². The molecule has 90 valence electrons. The normalized spacial score (nSPS) is 12.5. The highest BCUT2D eigenvalue weighted by atomic mass is 32.2. The maximum atomic E-state index is 11.0. The van der Waals surface area contributed by atoms with Crippen molar-refractivity contribution in [3.05, 3.63) is 18.2 Å². The predicted molar refractivity (Wildman–Crippen MR) is 66.8 cm³/mol. The molecular formula is C11H18N2O2S. The van der Waals surface area contributed by atoms with Gasteiger partial charge < -0.3 is 10.1 Å². The summed E-state index contributed by atoms with van der Waals surface area (Å²) < 4.78 is 23.4. The number of anilines is 1. The van der Waals surface area contributed by atoms with E-state index in [2.05, 4.69) is 19.2 Å². The van der Waals surface area contributed by atoms with Gasteiger partial charge in [0, 0.05) is 11.4 Å². The van der Waals surface area contributed by atoms with Crippen LogP contribution in [-0.4, -0.2) is 17.9 Å². The highest BCUT2D eigenvalue weighted by Gasteiger charge is 2.05. The standard InChI is InChI=1S/C11H18N2O2S/c1-8(2)7-13-10-5-4-9(16(12)14)6-11(10)15-3/h4-6,8,12-13,16H,7H2,1-3H3. The third-order valence-corrected chi connectivity index (χ3v) is 2.87. The molecule has 1 rings (SSSR count). The summed E-state index contributed by atoms with van der Waals surface area (Å²) in [7, 11) is -0.493. The minimum atomic E-state index is -2.06. The maximum Gasteiger partial charge on any atom is 0.143 e. The van der Waals surface area contributed by atoms with E-state index < -0.39 is 10.6 Å². The topological polar surface area (TPSA) is 62.2 Å². The zero-order valence-electron chi connectivity index (χ0n) is 9.78. The minimum absolute atomic E-state index is 0.488. The molecule has 5 heteroatoms. The first-order chi connectivity index (χ1) is 7.54. The van der Waals surface area contributed by atoms with Crippen LogP contribution in [0.3, 0.4) is 0 Å². The maximum absolute atomic E-state index is 11.0. The number of benzene rings is 1. The van der Waals surface area contributed by atoms with Crippen molar-refractivity contribution in [2.24, 2.45) is 5.92 Å². The predicted octanol–water partition coefficient (Wildman–Crippen LogP) is 2.37. The Morgan fingerprint density at radius 1 is 1.50 bits per heavy atom. The van der Waals surface area contributed by atoms with Gasteiger partial charge in [0.15, 0.2) is 0 Å². The van der Waals surface area contributed by atoms with E-state index in [1.165, 1.54) is 0 Å². The first-order valence-corrected chi connectivity index (χ1v) is 6.41. The van der Waals surface area contributed by atoms with Crippen LogP contribution in [0.1, 0.15) is 13.8 Å². The molecule has 0 aromatic heterocycles. The van der Waals surface area contributed by atoms with E-state index in [9.17, 15) is 4.21 Å². The van der Waals surface area contributed by atoms with Gasteiger partial charge in [-0.05, 0) is 24.1 Å². The molecule has 0 aliphatic rings. The van der Waals surface area contributed by atoms with Crippen LogP contribution in [-0.2, 0) is 10.6 Å². The van der Waals surface area contributed by atoms with Crippen molar-refractivity contribution in [2.75, 3.05) is 19.0 Å². The van der Waals surface area contributed by atoms with E-state index in [1.54, 1.807) is 25.3 Å². The summed E-state index contributed by atoms with van der Waals surface area (Å²) in [6.07, 6.45) is 0. The Morgan fingerprint density at radius 2 is 2.19 bits per heavy atom. The number of nitrogens with one attached hydrogen (secondary N) is 2. The van der Waals surface area contributed by atoms with Gasteiger partial charge in [0.05, 0.1) is 23.4 Å². The molecule has 0 fully saturated rings. The zero-order chi connectivity index (χ0) is 12.1. The number of rotatable bonds is 5. The molecule has 16 heavy (non-hydrogen) atoms. The molecule has 0 saturated heterocycles. The fourth-order valence-corrected chi connectivity index (χ4v) is 1.71. The molecule has 0 amide bonds. The van der Waals surface area contributed by atoms with Crippen molar-refractivity contribution in [1.29, 1.82) is 4.78 Å². The van der Waals surface area contributed by atoms with E-state index in [0.29, 0.717) is 16.6 Å². The van der Waals surface area contributed by atoms with Crippen LogP contribution in [0.4, 0.5) is 5.69 Å². The number of ether oxygens (including phenoxy) is 1. The molecule has 1 unspecified atom stereocenters. The van der Waals surface area contributed by atoms with E-state index in [1.807, 2.05) is 0 Å². The van der Waals surface area contributed by atoms with Crippen LogP contribution in [0.5, 0.6) is 5.75 Å². The fourth-order valence-electron chi connectivity index (χ4n) is 1.27. The molecule has 0 spiro atoms. The summed E-state index contributed by atoms with van der Waals surface area (Å²) in [6.45, 7) is 5.09. The average Bonchev–Trinajstić information content (AvgIpc) is 2.25. The smallest absolute Gasteiger partial charge is 0.143 e. The molecule has 2 N–H and O–H groups in total. The molecule has 0 heterocycles. The number of hydrogen-bond donors (Lipinski definition) is 3. The molecule has 0 aliphatic heterocycles. The quantitative estimate of drug-likeness (QED) is 0.695. The summed E-state index contributed by atoms with van der Waals surface area (Å²) in [5.41, 5.74) is 0.872. The van der Waals surface area contributed by atoms with Gasteiger partial charge in [0.2, 0.25) is 0 Å². The first kappa shape index (κ1) is 12.8. The summed E-state index contributed by atoms with van der Waals surface area (Å²) in [4.78, 5) is 0.488. The molecule has 4 nitrogen and oxygen atoms in total. The molecule has 1 aromatic carbocycles. The van der Waals surface area contributed by atoms with Crippen LogP contribution in [0.15, 0.2) is 23.1 Å². The van der Waals surface area contributed by atoms with E-state index in [0.717, 1.165) is 12.2 Å². The number of thiol groups is 1. The Hall–Kier alpha value is -1.23. The Kier molecular flexibility index (Phi) is 4.61. The van der Waals surface area contributed by atoms with Crippen molar-refractivity contribution < 1.29 is 8.95 Å². The molecule has 1 aromatic rings. The lowest BCUT2D eigenvalue weighted by molar-refractivity contribution is 0.415. The molecular weight excluding hydrogens is 224 g/mol. The second-order valence-corrected chi connectivity index (χ2v) is 5.06. The highest BCUT2D eigenvalue weighted by molar-refractivity contribution is 7.73. The van der Waals surface area contributed by atoms with E-state index in [-0.39, 0.29) is 0 Å². The number of hydrogen-bond acceptors (Lipinski definition) is 4. The van der Waals surface area contributed by atoms with Crippen LogP contribution < -0.4 is 10.1 Å². The summed E-state index contributed by atoms with van der Waals surface area (Å²) >= 11 is 0. The molecule has 0 aliphatic carbocycles. The van der Waals surface area contributed by atoms with Crippen LogP contribution in [0.25, 0.3) is 0 Å². The van der Waals surface area contributed by atoms with E-state index >= 15 is 0 Å². The van der Waals surface area contributed by atoms with E-state index in [4.69, 9.17) is 9.52 Å². The van der Waals surface area contributed by atoms with Crippen molar-refractivity contribution in [3.63, 3.8) is 0 Å². The Balaban J connectivity index is 2.93. The Bertz CT molecular complexity index is 420. The van der Waals surface area contributed by atoms with Gasteiger partial charge in [0.25, 0.3) is 0 Å². The van der Waals surface area contributed by atoms with Crippen molar-refractivity contribution in [1.82, 2.24) is 0 Å². The van der Waals surface area contributed by atoms with Crippen LogP contribution in [0, 0.1) is 10.7 Å². The lowest BCUT2D eigenvalue weighted by Crippen LogP contribution is -2.08. The zero-order valence-corrected chi connectivity index (χ0v) is 10.7. The third kappa shape index (κ3) is 3.41. The summed E-state index contributed by atoms with van der Waals surface area (Å²) in [6, 6.07) is 5.14. The van der Waals surface area contributed by atoms with Gasteiger partial charge >= 0.3 is 0 Å². The Morgan fingerprint density at radius 3 is 2.69 bits per heavy atom. The average molecular weight is 242 g/mol. The van der Waals surface area contributed by atoms with Crippen LogP contribution >= 0.6 is 0 Å². The summed E-state index contributed by atoms with van der Waals surface area (Å²) in [5, 5.41) is 3.25. The number of methoxy groups -OCH3 is 1. The fraction of sp³-hybridized carbons (Fsp3) is 0.455. The largest absolute Gasteiger partial charge is 0.495 e. The second-order valence-electron chi connectivity index (χ2n) is 3.95. The molecule has 1 atom stereocenters. The first-order valence-electron chi connectivity index (χ1n) is 5.15. The van der Waals surface area contributed by atoms with Crippen molar-refractivity contribution >= 4 is 16.3 Å². The molecule has 0 saturated carbocycles. The highest BCUT2D eigenvalue weighted by Crippen LogP contribution is 2.26. The molecule has 0 bridgehead atoms. The molecule has 0 radical (unpaired) electrons. The van der Waals surface area contributed by atoms with Gasteiger partial charge in [-0.15, -0.1) is 0 Å². The third-order valence-electron chi connectivity index (χ3n) is 2.12. The van der Waals surface area contributed by atoms with Gasteiger partial charge in [-0.25, -0.2) is 4.21 Å². The van der Waals surface area contributed by atoms with Crippen LogP contribution in [0.2, 0.25) is 0 Å². The minimum Gasteiger partial charge on any atom is -0.495 e. The monoisotopic (exact) mass is 242 g/mol. The second kappa shape index (κ2) is 5.75.